The van der Waals surface area contributed by atoms with Gasteiger partial charge in [-0.15, -0.1) is 0 Å². The average Bonchev–Trinajstić information content (AvgIpc) is 0.749. The molecule has 0 aliphatic rings. The fourth-order valence-electron chi connectivity index (χ4n) is 11.0. The summed E-state index contributed by atoms with van der Waals surface area (Å²) in [5, 5.41) is 23.8. The predicted octanol–water partition coefficient (Wildman–Crippen LogP) is 12.0. The Kier molecular flexibility index (Phi) is 19.4. The number of methoxy groups -OCH3 is 2. The van der Waals surface area contributed by atoms with E-state index in [-0.39, 0.29) is 49.2 Å². The van der Waals surface area contributed by atoms with Crippen LogP contribution in [0, 0.1) is 0 Å². The quantitative estimate of drug-likeness (QED) is 0.0634. The van der Waals surface area contributed by atoms with Crippen LogP contribution in [0.3, 0.4) is 0 Å². The van der Waals surface area contributed by atoms with Crippen molar-refractivity contribution in [3.63, 3.8) is 0 Å². The third kappa shape index (κ3) is 13.1. The normalized spacial score (nSPS) is 11.2. The minimum atomic E-state index is -0.753. The van der Waals surface area contributed by atoms with Crippen molar-refractivity contribution in [2.75, 3.05) is 40.6 Å². The summed E-state index contributed by atoms with van der Waals surface area (Å²) >= 11 is 2.03. The molecule has 6 aromatic heterocycles. The maximum atomic E-state index is 13.7. The second kappa shape index (κ2) is 28.8. The summed E-state index contributed by atoms with van der Waals surface area (Å²) in [5.74, 6) is -0.320. The number of benzene rings is 8. The van der Waals surface area contributed by atoms with E-state index in [0.717, 1.165) is 33.7 Å². The summed E-state index contributed by atoms with van der Waals surface area (Å²) in [5.41, 5.74) is 0.690. The molecule has 14 rings (SSSR count). The Morgan fingerprint density at radius 2 is 0.865 bits per heavy atom. The van der Waals surface area contributed by atoms with E-state index in [4.69, 9.17) is 32.2 Å². The van der Waals surface area contributed by atoms with Crippen LogP contribution in [0.25, 0.3) is 77.0 Å². The Hall–Kier alpha value is -11.4. The van der Waals surface area contributed by atoms with Crippen LogP contribution in [-0.2, 0) is 29.5 Å². The molecule has 22 heteroatoms. The first kappa shape index (κ1) is 64.7. The van der Waals surface area contributed by atoms with Crippen LogP contribution in [0.2, 0.25) is 0 Å². The molecule has 8 aromatic carbocycles. The molecular weight excluding hydrogens is 1260 g/mol. The zero-order valence-electron chi connectivity index (χ0n) is 51.7. The van der Waals surface area contributed by atoms with Crippen molar-refractivity contribution >= 4 is 89.1 Å². The third-order valence-corrected chi connectivity index (χ3v) is 17.7. The lowest BCUT2D eigenvalue weighted by molar-refractivity contribution is 0.146. The number of hydrogen-bond donors (Lipinski definition) is 2. The number of aromatic nitrogens is 4. The van der Waals surface area contributed by atoms with E-state index in [2.05, 4.69) is 0 Å². The third-order valence-electron chi connectivity index (χ3n) is 15.5. The van der Waals surface area contributed by atoms with Gasteiger partial charge in [-0.1, -0.05) is 133 Å². The summed E-state index contributed by atoms with van der Waals surface area (Å²) < 4.78 is 43.3. The topological polar surface area (TPSA) is 256 Å². The van der Waals surface area contributed by atoms with Crippen LogP contribution in [0.1, 0.15) is 5.56 Å². The molecular formula is C74H58N4O16S2. The first-order valence-electron chi connectivity index (χ1n) is 30.0. The molecule has 96 heavy (non-hydrogen) atoms. The van der Waals surface area contributed by atoms with Gasteiger partial charge in [-0.05, 0) is 115 Å². The van der Waals surface area contributed by atoms with Gasteiger partial charge in [0.25, 0.3) is 22.2 Å². The molecule has 0 unspecified atom stereocenters. The molecule has 14 aromatic rings. The number of pyridine rings is 3. The van der Waals surface area contributed by atoms with Gasteiger partial charge in [0, 0.05) is 65.1 Å². The van der Waals surface area contributed by atoms with Crippen LogP contribution in [0.4, 0.5) is 0 Å². The van der Waals surface area contributed by atoms with Crippen molar-refractivity contribution in [3.8, 4) is 34.4 Å². The first-order valence-corrected chi connectivity index (χ1v) is 31.6. The summed E-state index contributed by atoms with van der Waals surface area (Å²) in [6, 6.07) is 63.2. The van der Waals surface area contributed by atoms with E-state index in [1.54, 1.807) is 155 Å². The van der Waals surface area contributed by atoms with Gasteiger partial charge in [0.15, 0.2) is 28.2 Å². The molecule has 6 heterocycles. The van der Waals surface area contributed by atoms with Crippen molar-refractivity contribution in [1.29, 1.82) is 0 Å². The molecule has 0 saturated carbocycles. The number of para-hydroxylation sites is 5. The van der Waals surface area contributed by atoms with Gasteiger partial charge in [-0.2, -0.15) is 0 Å². The fourth-order valence-corrected chi connectivity index (χ4v) is 12.7. The molecule has 2 N–H and O–H groups in total. The fraction of sp³-hybridized carbons (Fsp3) is 0.122. The zero-order chi connectivity index (χ0) is 67.0. The molecule has 0 fully saturated rings. The van der Waals surface area contributed by atoms with E-state index in [9.17, 15) is 43.8 Å². The van der Waals surface area contributed by atoms with E-state index in [1.807, 2.05) is 78.9 Å². The van der Waals surface area contributed by atoms with E-state index < -0.39 is 50.7 Å². The van der Waals surface area contributed by atoms with Gasteiger partial charge in [0.1, 0.15) is 50.7 Å². The van der Waals surface area contributed by atoms with Crippen molar-refractivity contribution in [3.05, 3.63) is 291 Å². The monoisotopic (exact) mass is 1320 g/mol. The molecule has 0 spiro atoms. The minimum Gasteiger partial charge on any atom is -0.505 e. The molecule has 0 atom stereocenters. The Bertz CT molecular complexity index is 5680. The molecule has 0 aliphatic heterocycles. The average molecular weight is 1320 g/mol. The van der Waals surface area contributed by atoms with Crippen LogP contribution in [0.15, 0.2) is 279 Å². The second-order valence-corrected chi connectivity index (χ2v) is 23.7. The second-order valence-electron chi connectivity index (χ2n) is 21.5. The maximum absolute atomic E-state index is 13.7. The molecule has 0 bridgehead atoms. The Balaban J connectivity index is 0.000000139. The highest BCUT2D eigenvalue weighted by Crippen LogP contribution is 2.40. The summed E-state index contributed by atoms with van der Waals surface area (Å²) in [6.07, 6.45) is 0.491. The standard InChI is InChI=1S/2C27H21NO6S.C20H16N2O4/c1-32-14-15-33-18-10-7-11-19(16-18)35-25-23(29)22-24(34-27(25)31)20-12-5-6-13-21(20)28(26(22)30)17-8-3-2-4-9-17;1-32-15-16-33-18-11-13-19(14-12-18)35-25-23(29)22-24(34-27(25)31)20-9-5-6-10-21(20)28(26(22)30)17-7-3-2-4-8-17;1-21-15-10-6-5-9-14(15)17-16(18(21)23)19(24)22(20(25)26-17)12-11-13-7-3-2-4-8-13/h2-13,16,29H,14-15H2,1H3;2-14,29H,15-16H2,1H3;2-10H,11-12H2,1H3. The lowest BCUT2D eigenvalue weighted by atomic mass is 10.1. The van der Waals surface area contributed by atoms with Crippen molar-refractivity contribution in [2.24, 2.45) is 7.05 Å². The lowest BCUT2D eigenvalue weighted by Gasteiger charge is -2.14. The van der Waals surface area contributed by atoms with Gasteiger partial charge >= 0.3 is 17.0 Å². The smallest absolute Gasteiger partial charge is 0.422 e. The number of rotatable bonds is 17. The number of hydrogen-bond acceptors (Lipinski definition) is 18. The van der Waals surface area contributed by atoms with Crippen molar-refractivity contribution in [2.45, 2.75) is 32.5 Å². The highest BCUT2D eigenvalue weighted by Gasteiger charge is 2.26. The van der Waals surface area contributed by atoms with Gasteiger partial charge in [-0.3, -0.25) is 28.3 Å². The molecule has 0 amide bonds. The Labute approximate surface area is 552 Å². The van der Waals surface area contributed by atoms with Crippen molar-refractivity contribution < 1.29 is 42.4 Å². The van der Waals surface area contributed by atoms with Crippen molar-refractivity contribution in [1.82, 2.24) is 18.3 Å². The zero-order valence-corrected chi connectivity index (χ0v) is 53.3. The maximum Gasteiger partial charge on any atom is 0.422 e. The van der Waals surface area contributed by atoms with Gasteiger partial charge < -0.3 is 47.0 Å². The van der Waals surface area contributed by atoms with Gasteiger partial charge in [0.2, 0.25) is 0 Å². The summed E-state index contributed by atoms with van der Waals surface area (Å²) in [4.78, 5) is 92.4. The predicted molar refractivity (Wildman–Crippen MR) is 370 cm³/mol. The van der Waals surface area contributed by atoms with E-state index >= 15 is 0 Å². The molecule has 482 valence electrons. The van der Waals surface area contributed by atoms with Gasteiger partial charge in [-0.25, -0.2) is 19.0 Å². The van der Waals surface area contributed by atoms with E-state index in [1.165, 1.54) is 13.7 Å². The van der Waals surface area contributed by atoms with E-state index in [0.29, 0.717) is 98.2 Å². The van der Waals surface area contributed by atoms with Crippen LogP contribution < -0.4 is 48.7 Å². The number of aromatic hydroxyl groups is 2. The van der Waals surface area contributed by atoms with Crippen LogP contribution >= 0.6 is 23.5 Å². The summed E-state index contributed by atoms with van der Waals surface area (Å²) in [6.45, 7) is 1.85. The SMILES string of the molecule is COCCOc1ccc(Sc2c(O)c3c(=O)n(-c4ccccc4)c4ccccc4c3oc2=O)cc1.COCCOc1cccc(Sc2c(O)c3c(=O)n(-c4ccccc4)c4ccccc4c3oc2=O)c1.Cn1c(=O)c2c(=O)n(CCc3ccccc3)c(=O)oc2c2ccccc21. The Morgan fingerprint density at radius 1 is 0.417 bits per heavy atom. The molecule has 0 radical (unpaired) electrons. The first-order chi connectivity index (χ1) is 46.7. The number of nitrogens with zero attached hydrogens (tertiary/aromatic N) is 4. The minimum absolute atomic E-state index is 0.0471. The van der Waals surface area contributed by atoms with Crippen LogP contribution in [-0.4, -0.2) is 69.1 Å². The lowest BCUT2D eigenvalue weighted by Crippen LogP contribution is -2.37. The molecule has 0 aliphatic carbocycles. The largest absolute Gasteiger partial charge is 0.505 e. The highest BCUT2D eigenvalue weighted by atomic mass is 32.2. The molecule has 0 saturated heterocycles. The summed E-state index contributed by atoms with van der Waals surface area (Å²) in [7, 11) is 4.79. The van der Waals surface area contributed by atoms with Crippen LogP contribution in [0.5, 0.6) is 23.0 Å². The number of ether oxygens (including phenoxy) is 4. The number of aryl methyl sites for hydroxylation is 2. The molecule has 20 nitrogen and oxygen atoms in total. The van der Waals surface area contributed by atoms with Gasteiger partial charge in [0.05, 0.1) is 29.8 Å². The highest BCUT2D eigenvalue weighted by molar-refractivity contribution is 7.99. The Morgan fingerprint density at radius 3 is 1.39 bits per heavy atom. The number of fused-ring (bicyclic) bond motifs is 9.